The molecule has 1 fully saturated rings. The van der Waals surface area contributed by atoms with Crippen LogP contribution < -0.4 is 0 Å². The number of aryl methyl sites for hydroxylation is 1. The van der Waals surface area contributed by atoms with Crippen molar-refractivity contribution in [1.82, 2.24) is 14.6 Å². The molecular weight excluding hydrogens is 362 g/mol. The second kappa shape index (κ2) is 7.56. The number of likely N-dealkylation sites (N-methyl/N-ethyl adjacent to an activating group) is 1. The van der Waals surface area contributed by atoms with Gasteiger partial charge < -0.3 is 4.57 Å². The molecule has 0 spiro atoms. The lowest BCUT2D eigenvalue weighted by molar-refractivity contribution is -0.169. The fourth-order valence-corrected chi connectivity index (χ4v) is 5.35. The van der Waals surface area contributed by atoms with E-state index >= 15 is 0 Å². The Morgan fingerprint density at radius 3 is 2.85 bits per heavy atom. The first-order valence-electron chi connectivity index (χ1n) is 8.75. The summed E-state index contributed by atoms with van der Waals surface area (Å²) in [5, 5.41) is 4.21. The average molecular weight is 386 g/mol. The summed E-state index contributed by atoms with van der Waals surface area (Å²) in [4.78, 5) is 13.1. The number of nitrogens with zero attached hydrogens (tertiary/aromatic N) is 3. The molecular formula is C20H23N3OS2. The van der Waals surface area contributed by atoms with Gasteiger partial charge in [-0.3, -0.25) is 4.84 Å². The van der Waals surface area contributed by atoms with Crippen LogP contribution in [0.15, 0.2) is 65.4 Å². The van der Waals surface area contributed by atoms with Crippen molar-refractivity contribution in [2.24, 2.45) is 0 Å². The van der Waals surface area contributed by atoms with Crippen molar-refractivity contribution in [1.29, 1.82) is 0 Å². The van der Waals surface area contributed by atoms with Crippen molar-refractivity contribution in [2.45, 2.75) is 36.4 Å². The zero-order chi connectivity index (χ0) is 18.0. The third kappa shape index (κ3) is 3.60. The molecule has 26 heavy (non-hydrogen) atoms. The maximum atomic E-state index is 6.28. The minimum atomic E-state index is -0.145. The van der Waals surface area contributed by atoms with Gasteiger partial charge in [-0.1, -0.05) is 23.8 Å². The van der Waals surface area contributed by atoms with E-state index in [0.29, 0.717) is 0 Å². The van der Waals surface area contributed by atoms with Gasteiger partial charge in [-0.2, -0.15) is 5.06 Å². The summed E-state index contributed by atoms with van der Waals surface area (Å²) in [6.45, 7) is 2.96. The van der Waals surface area contributed by atoms with Crippen LogP contribution in [0.25, 0.3) is 0 Å². The number of rotatable bonds is 6. The lowest BCUT2D eigenvalue weighted by atomic mass is 9.91. The normalized spacial score (nSPS) is 23.5. The fraction of sp³-hybridized carbons (Fsp3) is 0.350. The third-order valence-corrected chi connectivity index (χ3v) is 7.12. The third-order valence-electron chi connectivity index (χ3n) is 4.92. The van der Waals surface area contributed by atoms with Crippen LogP contribution in [0.4, 0.5) is 0 Å². The highest BCUT2D eigenvalue weighted by atomic mass is 32.2. The van der Waals surface area contributed by atoms with Gasteiger partial charge in [0.25, 0.3) is 0 Å². The number of hydrogen-bond acceptors (Lipinski definition) is 5. The molecule has 0 amide bonds. The summed E-state index contributed by atoms with van der Waals surface area (Å²) < 4.78 is 2.15. The Labute approximate surface area is 162 Å². The minimum absolute atomic E-state index is 0.145. The van der Waals surface area contributed by atoms with Crippen LogP contribution in [0.5, 0.6) is 0 Å². The first kappa shape index (κ1) is 17.8. The Hall–Kier alpha value is -1.60. The van der Waals surface area contributed by atoms with E-state index in [4.69, 9.17) is 4.84 Å². The lowest BCUT2D eigenvalue weighted by Crippen LogP contribution is -2.40. The highest BCUT2D eigenvalue weighted by Crippen LogP contribution is 2.44. The number of hydroxylamine groups is 2. The Morgan fingerprint density at radius 2 is 2.15 bits per heavy atom. The summed E-state index contributed by atoms with van der Waals surface area (Å²) >= 11 is 3.67. The smallest absolute Gasteiger partial charge is 0.100 e. The molecule has 1 aliphatic rings. The van der Waals surface area contributed by atoms with Gasteiger partial charge in [-0.05, 0) is 30.5 Å². The maximum absolute atomic E-state index is 6.28. The quantitative estimate of drug-likeness (QED) is 0.581. The van der Waals surface area contributed by atoms with Crippen molar-refractivity contribution < 1.29 is 4.84 Å². The zero-order valence-corrected chi connectivity index (χ0v) is 16.7. The van der Waals surface area contributed by atoms with Crippen LogP contribution in [0.1, 0.15) is 16.9 Å². The summed E-state index contributed by atoms with van der Waals surface area (Å²) in [7, 11) is 2.06. The SMILES string of the molecule is Cc1ccc(SCC2CC(Cn3ccnc3)(c3cccs3)N(C)O2)cc1. The lowest BCUT2D eigenvalue weighted by Gasteiger charge is -2.33. The number of benzene rings is 1. The first-order chi connectivity index (χ1) is 12.7. The number of imidazole rings is 1. The van der Waals surface area contributed by atoms with Gasteiger partial charge in [0.1, 0.15) is 5.54 Å². The minimum Gasteiger partial charge on any atom is -0.335 e. The summed E-state index contributed by atoms with van der Waals surface area (Å²) in [5.41, 5.74) is 1.15. The van der Waals surface area contributed by atoms with Gasteiger partial charge in [-0.15, -0.1) is 23.1 Å². The van der Waals surface area contributed by atoms with Crippen molar-refractivity contribution >= 4 is 23.1 Å². The maximum Gasteiger partial charge on any atom is 0.100 e. The number of thiophene rings is 1. The van der Waals surface area contributed by atoms with E-state index in [9.17, 15) is 0 Å². The van der Waals surface area contributed by atoms with E-state index in [1.807, 2.05) is 30.5 Å². The molecule has 2 aromatic heterocycles. The van der Waals surface area contributed by atoms with E-state index in [1.54, 1.807) is 11.3 Å². The van der Waals surface area contributed by atoms with Crippen molar-refractivity contribution in [3.05, 3.63) is 70.9 Å². The first-order valence-corrected chi connectivity index (χ1v) is 10.6. The van der Waals surface area contributed by atoms with E-state index in [2.05, 4.69) is 70.4 Å². The van der Waals surface area contributed by atoms with Crippen molar-refractivity contribution in [2.75, 3.05) is 12.8 Å². The predicted molar refractivity (Wildman–Crippen MR) is 107 cm³/mol. The monoisotopic (exact) mass is 385 g/mol. The predicted octanol–water partition coefficient (Wildman–Crippen LogP) is 4.58. The van der Waals surface area contributed by atoms with Gasteiger partial charge >= 0.3 is 0 Å². The van der Waals surface area contributed by atoms with Gasteiger partial charge in [0.05, 0.1) is 12.4 Å². The van der Waals surface area contributed by atoms with Crippen LogP contribution in [0.2, 0.25) is 0 Å². The molecule has 0 aliphatic carbocycles. The second-order valence-corrected chi connectivity index (χ2v) is 8.84. The fourth-order valence-electron chi connectivity index (χ4n) is 3.50. The van der Waals surface area contributed by atoms with Crippen LogP contribution in [0, 0.1) is 6.92 Å². The van der Waals surface area contributed by atoms with Gasteiger partial charge in [0.2, 0.25) is 0 Å². The molecule has 0 saturated carbocycles. The Kier molecular flexibility index (Phi) is 5.18. The Morgan fingerprint density at radius 1 is 1.31 bits per heavy atom. The summed E-state index contributed by atoms with van der Waals surface area (Å²) in [6, 6.07) is 13.1. The molecule has 0 radical (unpaired) electrons. The molecule has 3 heterocycles. The molecule has 4 rings (SSSR count). The topological polar surface area (TPSA) is 30.3 Å². The summed E-state index contributed by atoms with van der Waals surface area (Å²) in [6.07, 6.45) is 6.91. The van der Waals surface area contributed by atoms with Gasteiger partial charge in [-0.25, -0.2) is 4.98 Å². The van der Waals surface area contributed by atoms with E-state index < -0.39 is 0 Å². The number of aromatic nitrogens is 2. The highest BCUT2D eigenvalue weighted by Gasteiger charge is 2.47. The Bertz CT molecular complexity index is 817. The molecule has 1 saturated heterocycles. The van der Waals surface area contributed by atoms with E-state index in [0.717, 1.165) is 18.7 Å². The van der Waals surface area contributed by atoms with Crippen LogP contribution in [-0.2, 0) is 16.9 Å². The standard InChI is InChI=1S/C20H23N3OS2/c1-16-5-7-18(8-6-16)26-13-17-12-20(22(2)24-17,19-4-3-11-25-19)14-23-10-9-21-15-23/h3-11,15,17H,12-14H2,1-2H3. The zero-order valence-electron chi connectivity index (χ0n) is 15.0. The molecule has 2 atom stereocenters. The van der Waals surface area contributed by atoms with Crippen LogP contribution in [0.3, 0.4) is 0 Å². The molecule has 6 heteroatoms. The van der Waals surface area contributed by atoms with E-state index in [-0.39, 0.29) is 11.6 Å². The molecule has 0 bridgehead atoms. The van der Waals surface area contributed by atoms with Crippen LogP contribution in [-0.4, -0.2) is 33.5 Å². The Balaban J connectivity index is 1.51. The molecule has 1 aromatic carbocycles. The summed E-state index contributed by atoms with van der Waals surface area (Å²) in [5.74, 6) is 0.949. The van der Waals surface area contributed by atoms with E-state index in [1.165, 1.54) is 15.3 Å². The van der Waals surface area contributed by atoms with Crippen molar-refractivity contribution in [3.8, 4) is 0 Å². The number of hydrogen-bond donors (Lipinski definition) is 0. The highest BCUT2D eigenvalue weighted by molar-refractivity contribution is 7.99. The second-order valence-electron chi connectivity index (χ2n) is 6.80. The van der Waals surface area contributed by atoms with Crippen molar-refractivity contribution in [3.63, 3.8) is 0 Å². The molecule has 1 aliphatic heterocycles. The van der Waals surface area contributed by atoms with Gasteiger partial charge in [0, 0.05) is 47.9 Å². The molecule has 2 unspecified atom stereocenters. The largest absolute Gasteiger partial charge is 0.335 e. The number of thioether (sulfide) groups is 1. The molecule has 3 aromatic rings. The molecule has 136 valence electrons. The molecule has 4 nitrogen and oxygen atoms in total. The van der Waals surface area contributed by atoms with Gasteiger partial charge in [0.15, 0.2) is 0 Å². The molecule has 0 N–H and O–H groups in total. The average Bonchev–Trinajstić information content (AvgIpc) is 3.38. The van der Waals surface area contributed by atoms with Crippen LogP contribution >= 0.6 is 23.1 Å².